The maximum absolute atomic E-state index is 12.9. The van der Waals surface area contributed by atoms with Gasteiger partial charge in [0, 0.05) is 23.4 Å². The first-order valence-electron chi connectivity index (χ1n) is 10.8. The fourth-order valence-corrected chi connectivity index (χ4v) is 3.95. The van der Waals surface area contributed by atoms with Gasteiger partial charge in [-0.2, -0.15) is 5.10 Å². The van der Waals surface area contributed by atoms with Gasteiger partial charge in [0.25, 0.3) is 0 Å². The number of carbonyl (C=O) groups is 1. The molecule has 0 bridgehead atoms. The van der Waals surface area contributed by atoms with E-state index in [1.165, 1.54) is 0 Å². The molecule has 1 aliphatic heterocycles. The summed E-state index contributed by atoms with van der Waals surface area (Å²) in [5, 5.41) is 6.92. The van der Waals surface area contributed by atoms with Crippen molar-refractivity contribution in [1.82, 2.24) is 5.32 Å². The molecule has 3 aromatic carbocycles. The van der Waals surface area contributed by atoms with Gasteiger partial charge in [0.2, 0.25) is 5.91 Å². The molecule has 1 atom stereocenters. The highest BCUT2D eigenvalue weighted by Crippen LogP contribution is 2.33. The first kappa shape index (κ1) is 22.0. The zero-order chi connectivity index (χ0) is 23.2. The van der Waals surface area contributed by atoms with Crippen molar-refractivity contribution in [3.63, 3.8) is 0 Å². The largest absolute Gasteiger partial charge is 0.352 e. The van der Waals surface area contributed by atoms with E-state index in [9.17, 15) is 4.79 Å². The Hall–Kier alpha value is -4.19. The zero-order valence-electron chi connectivity index (χ0n) is 18.6. The molecule has 0 saturated carbocycles. The quantitative estimate of drug-likeness (QED) is 0.271. The highest BCUT2D eigenvalue weighted by atomic mass is 16.1. The summed E-state index contributed by atoms with van der Waals surface area (Å²) in [7, 11) is 0. The number of amidine groups is 1. The van der Waals surface area contributed by atoms with E-state index in [0.717, 1.165) is 28.1 Å². The molecule has 1 unspecified atom stereocenters. The lowest BCUT2D eigenvalue weighted by molar-refractivity contribution is -0.121. The molecule has 3 N–H and O–H groups in total. The molecular weight excluding hydrogens is 410 g/mol. The van der Waals surface area contributed by atoms with Crippen LogP contribution in [0.3, 0.4) is 0 Å². The summed E-state index contributed by atoms with van der Waals surface area (Å²) in [6.45, 7) is 6.59. The van der Waals surface area contributed by atoms with Crippen LogP contribution in [0.25, 0.3) is 0 Å². The number of benzene rings is 3. The van der Waals surface area contributed by atoms with E-state index < -0.39 is 6.04 Å². The third-order valence-corrected chi connectivity index (χ3v) is 5.63. The van der Waals surface area contributed by atoms with Crippen molar-refractivity contribution in [2.24, 2.45) is 15.9 Å². The van der Waals surface area contributed by atoms with Crippen LogP contribution in [0.1, 0.15) is 30.0 Å². The van der Waals surface area contributed by atoms with Crippen molar-refractivity contribution in [2.75, 3.05) is 4.90 Å². The number of aliphatic imine (C=N–C) groups is 1. The molecule has 33 heavy (non-hydrogen) atoms. The van der Waals surface area contributed by atoms with E-state index >= 15 is 0 Å². The minimum Gasteiger partial charge on any atom is -0.352 e. The number of nitrogens with one attached hydrogen (secondary N) is 1. The first-order chi connectivity index (χ1) is 16.1. The Kier molecular flexibility index (Phi) is 6.64. The molecule has 1 heterocycles. The number of nitrogens with two attached hydrogens (primary N) is 1. The first-order valence-corrected chi connectivity index (χ1v) is 10.8. The summed E-state index contributed by atoms with van der Waals surface area (Å²) >= 11 is 0. The Balaban J connectivity index is 1.71. The lowest BCUT2D eigenvalue weighted by Crippen LogP contribution is -2.35. The minimum atomic E-state index is -0.486. The number of hydrogen-bond acceptors (Lipinski definition) is 4. The molecule has 0 fully saturated rings. The maximum atomic E-state index is 12.9. The fraction of sp³-hybridized carbons (Fsp3) is 0.148. The monoisotopic (exact) mass is 437 g/mol. The van der Waals surface area contributed by atoms with Crippen molar-refractivity contribution < 1.29 is 4.79 Å². The smallest absolute Gasteiger partial charge is 0.222 e. The molecule has 0 aromatic heterocycles. The molecule has 3 aromatic rings. The summed E-state index contributed by atoms with van der Waals surface area (Å²) in [6, 6.07) is 27.2. The van der Waals surface area contributed by atoms with Gasteiger partial charge in [0.15, 0.2) is 0 Å². The Morgan fingerprint density at radius 1 is 1.03 bits per heavy atom. The Morgan fingerprint density at radius 3 is 2.36 bits per heavy atom. The molecule has 1 amide bonds. The maximum Gasteiger partial charge on any atom is 0.222 e. The number of anilines is 1. The molecule has 0 spiro atoms. The molecular formula is C27H27N5O. The molecule has 1 aliphatic rings. The second-order valence-corrected chi connectivity index (χ2v) is 7.85. The summed E-state index contributed by atoms with van der Waals surface area (Å²) in [6.07, 6.45) is 0.157. The van der Waals surface area contributed by atoms with Gasteiger partial charge in [-0.15, -0.1) is 0 Å². The molecule has 0 saturated heterocycles. The van der Waals surface area contributed by atoms with Crippen LogP contribution in [-0.2, 0) is 11.3 Å². The van der Waals surface area contributed by atoms with Crippen LogP contribution < -0.4 is 16.1 Å². The second-order valence-electron chi connectivity index (χ2n) is 7.85. The summed E-state index contributed by atoms with van der Waals surface area (Å²) < 4.78 is 0. The molecule has 166 valence electrons. The summed E-state index contributed by atoms with van der Waals surface area (Å²) in [5.41, 5.74) is 5.27. The zero-order valence-corrected chi connectivity index (χ0v) is 18.6. The van der Waals surface area contributed by atoms with Crippen molar-refractivity contribution in [3.8, 4) is 0 Å². The molecule has 0 aliphatic carbocycles. The van der Waals surface area contributed by atoms with Gasteiger partial charge in [0.05, 0.1) is 23.9 Å². The summed E-state index contributed by atoms with van der Waals surface area (Å²) in [5.74, 6) is 6.14. The van der Waals surface area contributed by atoms with Crippen LogP contribution in [0.15, 0.2) is 107 Å². The Bertz CT molecular complexity index is 1200. The predicted octanol–water partition coefficient (Wildman–Crippen LogP) is 4.22. The van der Waals surface area contributed by atoms with Gasteiger partial charge in [-0.3, -0.25) is 14.7 Å². The Morgan fingerprint density at radius 2 is 1.67 bits per heavy atom. The number of carbonyl (C=O) groups excluding carboxylic acids is 1. The average molecular weight is 438 g/mol. The fourth-order valence-electron chi connectivity index (χ4n) is 3.95. The van der Waals surface area contributed by atoms with Gasteiger partial charge in [0.1, 0.15) is 5.84 Å². The predicted molar refractivity (Wildman–Crippen MR) is 134 cm³/mol. The lowest BCUT2D eigenvalue weighted by Gasteiger charge is -2.28. The summed E-state index contributed by atoms with van der Waals surface area (Å²) in [4.78, 5) is 19.9. The van der Waals surface area contributed by atoms with E-state index in [2.05, 4.69) is 17.0 Å². The number of para-hydroxylation sites is 1. The van der Waals surface area contributed by atoms with Crippen LogP contribution in [0.4, 0.5) is 5.69 Å². The van der Waals surface area contributed by atoms with Crippen molar-refractivity contribution in [2.45, 2.75) is 25.9 Å². The van der Waals surface area contributed by atoms with Crippen molar-refractivity contribution >= 4 is 23.1 Å². The van der Waals surface area contributed by atoms with Crippen molar-refractivity contribution in [1.29, 1.82) is 0 Å². The van der Waals surface area contributed by atoms with Crippen LogP contribution in [-0.4, -0.2) is 23.5 Å². The topological polar surface area (TPSA) is 83.1 Å². The third-order valence-electron chi connectivity index (χ3n) is 5.63. The number of fused-ring (bicyclic) bond motifs is 1. The van der Waals surface area contributed by atoms with Crippen LogP contribution in [0.2, 0.25) is 0 Å². The second kappa shape index (κ2) is 9.96. The SMILES string of the molecule is C=C1C(CC(=O)NCc2ccccc2)N=C(c2ccccc2)c2ccccc2N1/C(C)=N\N. The highest BCUT2D eigenvalue weighted by molar-refractivity contribution is 6.19. The number of rotatable bonds is 5. The van der Waals surface area contributed by atoms with Gasteiger partial charge in [-0.1, -0.05) is 85.4 Å². The van der Waals surface area contributed by atoms with E-state index in [4.69, 9.17) is 10.8 Å². The van der Waals surface area contributed by atoms with E-state index in [1.54, 1.807) is 0 Å². The average Bonchev–Trinajstić information content (AvgIpc) is 2.98. The minimum absolute atomic E-state index is 0.102. The van der Waals surface area contributed by atoms with E-state index in [1.807, 2.05) is 96.8 Å². The number of nitrogens with zero attached hydrogens (tertiary/aromatic N) is 3. The molecule has 4 rings (SSSR count). The van der Waals surface area contributed by atoms with Crippen LogP contribution in [0.5, 0.6) is 0 Å². The van der Waals surface area contributed by atoms with E-state index in [-0.39, 0.29) is 12.3 Å². The van der Waals surface area contributed by atoms with Crippen molar-refractivity contribution in [3.05, 3.63) is 114 Å². The number of benzodiazepines with no additional fused rings is 1. The van der Waals surface area contributed by atoms with Gasteiger partial charge >= 0.3 is 0 Å². The molecule has 6 nitrogen and oxygen atoms in total. The standard InChI is InChI=1S/C27H27N5O/c1-19-24(17-26(33)29-18-21-11-5-3-6-12-21)30-27(22-13-7-4-8-14-22)23-15-9-10-16-25(23)32(19)20(2)31-28/h3-16,24H,1,17-18,28H2,2H3,(H,29,33)/b31-20-. The normalized spacial score (nSPS) is 16.0. The third kappa shape index (κ3) is 4.85. The van der Waals surface area contributed by atoms with Crippen LogP contribution >= 0.6 is 0 Å². The molecule has 6 heteroatoms. The molecule has 0 radical (unpaired) electrons. The number of hydrogen-bond donors (Lipinski definition) is 2. The lowest BCUT2D eigenvalue weighted by atomic mass is 10.00. The highest BCUT2D eigenvalue weighted by Gasteiger charge is 2.30. The van der Waals surface area contributed by atoms with E-state index in [0.29, 0.717) is 18.1 Å². The van der Waals surface area contributed by atoms with Gasteiger partial charge in [-0.25, -0.2) is 0 Å². The van der Waals surface area contributed by atoms with Crippen LogP contribution in [0, 0.1) is 0 Å². The number of amides is 1. The van der Waals surface area contributed by atoms with Gasteiger partial charge < -0.3 is 11.2 Å². The van der Waals surface area contributed by atoms with Gasteiger partial charge in [-0.05, 0) is 18.6 Å². The Labute approximate surface area is 194 Å². The number of hydrazone groups is 1.